The Morgan fingerprint density at radius 1 is 0.923 bits per heavy atom. The number of aromatic nitrogens is 2. The number of amides is 1. The Morgan fingerprint density at radius 2 is 1.69 bits per heavy atom. The van der Waals surface area contributed by atoms with Gasteiger partial charge in [0.05, 0.1) is 5.69 Å². The number of hydrogen-bond donors (Lipinski definition) is 0. The van der Waals surface area contributed by atoms with Crippen LogP contribution in [0, 0.1) is 0 Å². The third-order valence-electron chi connectivity index (χ3n) is 4.91. The highest BCUT2D eigenvalue weighted by atomic mass is 16.2. The van der Waals surface area contributed by atoms with E-state index in [9.17, 15) is 9.59 Å². The average molecular weight is 347 g/mol. The predicted octanol–water partition coefficient (Wildman–Crippen LogP) is 3.08. The molecule has 4 rings (SSSR count). The maximum atomic E-state index is 12.5. The second-order valence-corrected chi connectivity index (χ2v) is 6.72. The number of carbonyl (C=O) groups is 1. The molecule has 0 bridgehead atoms. The Labute approximate surface area is 151 Å². The largest absolute Gasteiger partial charge is 0.341 e. The Hall–Kier alpha value is -2.95. The van der Waals surface area contributed by atoms with Crippen LogP contribution in [0.4, 0.5) is 0 Å². The molecule has 1 fully saturated rings. The Kier molecular flexibility index (Phi) is 4.52. The van der Waals surface area contributed by atoms with Crippen LogP contribution in [0.15, 0.2) is 59.4 Å². The minimum absolute atomic E-state index is 0.000253. The van der Waals surface area contributed by atoms with Crippen molar-refractivity contribution in [3.8, 4) is 11.3 Å². The molecule has 132 valence electrons. The fourth-order valence-electron chi connectivity index (χ4n) is 3.44. The molecule has 1 saturated heterocycles. The second kappa shape index (κ2) is 7.12. The third-order valence-corrected chi connectivity index (χ3v) is 4.91. The summed E-state index contributed by atoms with van der Waals surface area (Å²) in [5, 5.41) is 6.72. The minimum atomic E-state index is -0.250. The van der Waals surface area contributed by atoms with Gasteiger partial charge < -0.3 is 4.90 Å². The van der Waals surface area contributed by atoms with E-state index in [-0.39, 0.29) is 18.0 Å². The molecule has 2 aromatic carbocycles. The molecule has 1 aromatic heterocycles. The zero-order chi connectivity index (χ0) is 17.9. The molecule has 0 radical (unpaired) electrons. The zero-order valence-electron chi connectivity index (χ0n) is 14.6. The first-order valence-corrected chi connectivity index (χ1v) is 9.06. The second-order valence-electron chi connectivity index (χ2n) is 6.72. The van der Waals surface area contributed by atoms with Crippen molar-refractivity contribution in [2.45, 2.75) is 25.8 Å². The van der Waals surface area contributed by atoms with Crippen LogP contribution in [0.3, 0.4) is 0 Å². The fourth-order valence-corrected chi connectivity index (χ4v) is 3.44. The highest BCUT2D eigenvalue weighted by Crippen LogP contribution is 2.22. The Bertz CT molecular complexity index is 1000. The standard InChI is InChI=1S/C21H21N3O2/c25-20-11-10-19(18-9-8-16-6-2-3-7-17(16)14-18)22-24(20)15-21(26)23-12-4-1-5-13-23/h2-3,6-11,14H,1,4-5,12-13,15H2. The van der Waals surface area contributed by atoms with Gasteiger partial charge in [0, 0.05) is 24.7 Å². The summed E-state index contributed by atoms with van der Waals surface area (Å²) in [5.41, 5.74) is 1.38. The number of benzene rings is 2. The first kappa shape index (κ1) is 16.5. The van der Waals surface area contributed by atoms with E-state index < -0.39 is 0 Å². The molecule has 1 aliphatic heterocycles. The highest BCUT2D eigenvalue weighted by Gasteiger charge is 2.17. The topological polar surface area (TPSA) is 55.2 Å². The summed E-state index contributed by atoms with van der Waals surface area (Å²) < 4.78 is 1.28. The van der Waals surface area contributed by atoms with Crippen LogP contribution in [0.5, 0.6) is 0 Å². The van der Waals surface area contributed by atoms with Crippen LogP contribution in [-0.2, 0) is 11.3 Å². The number of hydrogen-bond acceptors (Lipinski definition) is 3. The van der Waals surface area contributed by atoms with E-state index in [1.165, 1.54) is 17.2 Å². The molecule has 3 aromatic rings. The molecule has 0 atom stereocenters. The first-order valence-electron chi connectivity index (χ1n) is 9.06. The van der Waals surface area contributed by atoms with Crippen molar-refractivity contribution in [1.82, 2.24) is 14.7 Å². The molecule has 0 N–H and O–H groups in total. The summed E-state index contributed by atoms with van der Waals surface area (Å²) >= 11 is 0. The van der Waals surface area contributed by atoms with Crippen molar-refractivity contribution in [3.05, 3.63) is 65.0 Å². The smallest absolute Gasteiger partial charge is 0.267 e. The Morgan fingerprint density at radius 3 is 2.50 bits per heavy atom. The SMILES string of the molecule is O=C(Cn1nc(-c2ccc3ccccc3c2)ccc1=O)N1CCCCC1. The number of likely N-dealkylation sites (tertiary alicyclic amines) is 1. The number of piperidine rings is 1. The molecule has 0 spiro atoms. The van der Waals surface area contributed by atoms with E-state index in [1.807, 2.05) is 29.2 Å². The summed E-state index contributed by atoms with van der Waals surface area (Å²) in [5.74, 6) is -0.0324. The van der Waals surface area contributed by atoms with E-state index in [4.69, 9.17) is 0 Å². The van der Waals surface area contributed by atoms with Crippen LogP contribution in [0.2, 0.25) is 0 Å². The number of nitrogens with zero attached hydrogens (tertiary/aromatic N) is 3. The van der Waals surface area contributed by atoms with E-state index in [2.05, 4.69) is 23.3 Å². The molecule has 0 saturated carbocycles. The van der Waals surface area contributed by atoms with E-state index >= 15 is 0 Å². The lowest BCUT2D eigenvalue weighted by molar-refractivity contribution is -0.133. The molecule has 5 heteroatoms. The van der Waals surface area contributed by atoms with Gasteiger partial charge in [-0.3, -0.25) is 9.59 Å². The third kappa shape index (κ3) is 3.38. The van der Waals surface area contributed by atoms with Gasteiger partial charge >= 0.3 is 0 Å². The van der Waals surface area contributed by atoms with Gasteiger partial charge in [-0.25, -0.2) is 4.68 Å². The number of fused-ring (bicyclic) bond motifs is 1. The van der Waals surface area contributed by atoms with Crippen LogP contribution in [0.1, 0.15) is 19.3 Å². The molecule has 1 aliphatic rings. The first-order chi connectivity index (χ1) is 12.7. The van der Waals surface area contributed by atoms with Crippen molar-refractivity contribution in [3.63, 3.8) is 0 Å². The lowest BCUT2D eigenvalue weighted by atomic mass is 10.1. The van der Waals surface area contributed by atoms with Gasteiger partial charge in [0.1, 0.15) is 6.54 Å². The quantitative estimate of drug-likeness (QED) is 0.732. The fraction of sp³-hybridized carbons (Fsp3) is 0.286. The summed E-state index contributed by atoms with van der Waals surface area (Å²) in [6.45, 7) is 1.55. The van der Waals surface area contributed by atoms with E-state index in [0.29, 0.717) is 5.69 Å². The number of carbonyl (C=O) groups excluding carboxylic acids is 1. The van der Waals surface area contributed by atoms with Crippen molar-refractivity contribution >= 4 is 16.7 Å². The number of rotatable bonds is 3. The van der Waals surface area contributed by atoms with Crippen LogP contribution in [-0.4, -0.2) is 33.7 Å². The Balaban J connectivity index is 1.62. The van der Waals surface area contributed by atoms with Crippen molar-refractivity contribution < 1.29 is 4.79 Å². The molecule has 5 nitrogen and oxygen atoms in total. The van der Waals surface area contributed by atoms with Gasteiger partial charge in [-0.05, 0) is 42.2 Å². The van der Waals surface area contributed by atoms with Crippen LogP contribution in [0.25, 0.3) is 22.0 Å². The maximum absolute atomic E-state index is 12.5. The molecular formula is C21H21N3O2. The van der Waals surface area contributed by atoms with Crippen LogP contribution >= 0.6 is 0 Å². The van der Waals surface area contributed by atoms with Crippen molar-refractivity contribution in [2.24, 2.45) is 0 Å². The lowest BCUT2D eigenvalue weighted by Crippen LogP contribution is -2.40. The monoisotopic (exact) mass is 347 g/mol. The predicted molar refractivity (Wildman–Crippen MR) is 102 cm³/mol. The summed E-state index contributed by atoms with van der Waals surface area (Å²) in [7, 11) is 0. The van der Waals surface area contributed by atoms with Gasteiger partial charge in [0.15, 0.2) is 0 Å². The summed E-state index contributed by atoms with van der Waals surface area (Å²) in [6, 6.07) is 17.4. The molecule has 2 heterocycles. The van der Waals surface area contributed by atoms with Gasteiger partial charge in [-0.1, -0.05) is 36.4 Å². The zero-order valence-corrected chi connectivity index (χ0v) is 14.6. The molecule has 26 heavy (non-hydrogen) atoms. The maximum Gasteiger partial charge on any atom is 0.267 e. The minimum Gasteiger partial charge on any atom is -0.341 e. The normalized spacial score (nSPS) is 14.5. The summed E-state index contributed by atoms with van der Waals surface area (Å²) in [6.07, 6.45) is 3.23. The summed E-state index contributed by atoms with van der Waals surface area (Å²) in [4.78, 5) is 26.5. The molecule has 0 aliphatic carbocycles. The molecular weight excluding hydrogens is 326 g/mol. The lowest BCUT2D eigenvalue weighted by Gasteiger charge is -2.26. The van der Waals surface area contributed by atoms with E-state index in [1.54, 1.807) is 6.07 Å². The van der Waals surface area contributed by atoms with Gasteiger partial charge in [0.25, 0.3) is 5.56 Å². The van der Waals surface area contributed by atoms with Crippen molar-refractivity contribution in [2.75, 3.05) is 13.1 Å². The van der Waals surface area contributed by atoms with Gasteiger partial charge in [-0.2, -0.15) is 5.10 Å². The highest BCUT2D eigenvalue weighted by molar-refractivity contribution is 5.86. The van der Waals surface area contributed by atoms with Gasteiger partial charge in [-0.15, -0.1) is 0 Å². The van der Waals surface area contributed by atoms with Crippen molar-refractivity contribution in [1.29, 1.82) is 0 Å². The van der Waals surface area contributed by atoms with Crippen LogP contribution < -0.4 is 5.56 Å². The van der Waals surface area contributed by atoms with Gasteiger partial charge in [0.2, 0.25) is 5.91 Å². The van der Waals surface area contributed by atoms with E-state index in [0.717, 1.165) is 42.3 Å². The molecule has 1 amide bonds. The average Bonchev–Trinajstić information content (AvgIpc) is 2.70. The molecule has 0 unspecified atom stereocenters.